The van der Waals surface area contributed by atoms with Gasteiger partial charge in [0.05, 0.1) is 19.5 Å². The number of benzene rings is 2. The number of rotatable bonds is 6. The van der Waals surface area contributed by atoms with Crippen LogP contribution in [0.2, 0.25) is 0 Å². The summed E-state index contributed by atoms with van der Waals surface area (Å²) in [7, 11) is 3.57. The van der Waals surface area contributed by atoms with Gasteiger partial charge in [0.2, 0.25) is 4.77 Å². The van der Waals surface area contributed by atoms with E-state index in [4.69, 9.17) is 17.0 Å². The first-order valence-corrected chi connectivity index (χ1v) is 8.19. The summed E-state index contributed by atoms with van der Waals surface area (Å²) in [5.74, 6) is 0.528. The van der Waals surface area contributed by atoms with E-state index < -0.39 is 0 Å². The number of ether oxygens (including phenoxy) is 1. The smallest absolute Gasteiger partial charge is 0.203 e. The van der Waals surface area contributed by atoms with Gasteiger partial charge in [0, 0.05) is 12.6 Å². The van der Waals surface area contributed by atoms with Crippen LogP contribution in [0.3, 0.4) is 0 Å². The summed E-state index contributed by atoms with van der Waals surface area (Å²) in [5, 5.41) is 4.37. The van der Waals surface area contributed by atoms with Crippen LogP contribution in [-0.4, -0.2) is 33.4 Å². The highest BCUT2D eigenvalue weighted by Crippen LogP contribution is 2.17. The van der Waals surface area contributed by atoms with E-state index in [2.05, 4.69) is 5.10 Å². The Bertz CT molecular complexity index is 921. The van der Waals surface area contributed by atoms with Crippen LogP contribution in [0.25, 0.3) is 5.69 Å². The zero-order valence-electron chi connectivity index (χ0n) is 14.1. The van der Waals surface area contributed by atoms with Crippen LogP contribution in [0.1, 0.15) is 5.56 Å². The van der Waals surface area contributed by atoms with Crippen LogP contribution >= 0.6 is 12.2 Å². The molecule has 0 aliphatic heterocycles. The average Bonchev–Trinajstić information content (AvgIpc) is 2.95. The van der Waals surface area contributed by atoms with Crippen molar-refractivity contribution >= 4 is 12.2 Å². The predicted octanol–water partition coefficient (Wildman–Crippen LogP) is 3.64. The molecule has 0 aliphatic carbocycles. The number of nitrogens with zero attached hydrogens (tertiary/aromatic N) is 4. The zero-order valence-corrected chi connectivity index (χ0v) is 14.9. The van der Waals surface area contributed by atoms with Crippen LogP contribution in [-0.2, 0) is 13.2 Å². The van der Waals surface area contributed by atoms with Gasteiger partial charge in [0.1, 0.15) is 17.9 Å². The summed E-state index contributed by atoms with van der Waals surface area (Å²) >= 11 is 5.53. The summed E-state index contributed by atoms with van der Waals surface area (Å²) in [6.07, 6.45) is 1.69. The highest BCUT2D eigenvalue weighted by molar-refractivity contribution is 7.71. The molecule has 0 saturated heterocycles. The van der Waals surface area contributed by atoms with Crippen molar-refractivity contribution in [1.29, 1.82) is 0 Å². The normalized spacial score (nSPS) is 11.0. The molecule has 0 bridgehead atoms. The third-order valence-corrected chi connectivity index (χ3v) is 4.19. The summed E-state index contributed by atoms with van der Waals surface area (Å²) in [6.45, 7) is 1.11. The lowest BCUT2D eigenvalue weighted by molar-refractivity contribution is 0.244. The highest BCUT2D eigenvalue weighted by Gasteiger charge is 2.08. The van der Waals surface area contributed by atoms with Gasteiger partial charge >= 0.3 is 0 Å². The topological polar surface area (TPSA) is 35.2 Å². The molecule has 0 fully saturated rings. The molecule has 130 valence electrons. The van der Waals surface area contributed by atoms with E-state index in [9.17, 15) is 4.39 Å². The number of hydrogen-bond acceptors (Lipinski definition) is 4. The van der Waals surface area contributed by atoms with Crippen LogP contribution in [0.15, 0.2) is 54.9 Å². The first kappa shape index (κ1) is 17.3. The third kappa shape index (κ3) is 4.12. The fourth-order valence-corrected chi connectivity index (χ4v) is 2.85. The second-order valence-electron chi connectivity index (χ2n) is 5.77. The fraction of sp³-hybridized carbons (Fsp3) is 0.222. The molecule has 0 atom stereocenters. The quantitative estimate of drug-likeness (QED) is 0.630. The highest BCUT2D eigenvalue weighted by atomic mass is 32.1. The molecular weight excluding hydrogens is 339 g/mol. The van der Waals surface area contributed by atoms with Crippen molar-refractivity contribution in [3.63, 3.8) is 0 Å². The maximum Gasteiger partial charge on any atom is 0.203 e. The molecule has 0 unspecified atom stereocenters. The van der Waals surface area contributed by atoms with Crippen LogP contribution in [0, 0.1) is 10.6 Å². The molecule has 0 spiro atoms. The minimum Gasteiger partial charge on any atom is -0.497 e. The molecule has 0 saturated carbocycles. The van der Waals surface area contributed by atoms with Gasteiger partial charge in [-0.3, -0.25) is 9.47 Å². The van der Waals surface area contributed by atoms with Crippen LogP contribution in [0.4, 0.5) is 4.39 Å². The Morgan fingerprint density at radius 3 is 2.76 bits per heavy atom. The van der Waals surface area contributed by atoms with Gasteiger partial charge in [-0.15, -0.1) is 0 Å². The Morgan fingerprint density at radius 2 is 2.00 bits per heavy atom. The van der Waals surface area contributed by atoms with Crippen molar-refractivity contribution < 1.29 is 9.13 Å². The largest absolute Gasteiger partial charge is 0.497 e. The minimum atomic E-state index is -0.232. The van der Waals surface area contributed by atoms with Gasteiger partial charge in [-0.05, 0) is 49.1 Å². The molecule has 5 nitrogen and oxygen atoms in total. The first-order chi connectivity index (χ1) is 12.1. The second-order valence-corrected chi connectivity index (χ2v) is 6.14. The SMILES string of the molecule is COc1cccc(-n2cnn(CN(C)Cc3cccc(F)c3)c2=S)c1. The van der Waals surface area contributed by atoms with E-state index in [1.807, 2.05) is 46.8 Å². The van der Waals surface area contributed by atoms with Gasteiger partial charge in [0.15, 0.2) is 0 Å². The summed E-state index contributed by atoms with van der Waals surface area (Å²) in [4.78, 5) is 2.02. The number of methoxy groups -OCH3 is 1. The van der Waals surface area contributed by atoms with Gasteiger partial charge in [-0.2, -0.15) is 5.10 Å². The molecule has 0 amide bonds. The molecule has 0 radical (unpaired) electrons. The van der Waals surface area contributed by atoms with E-state index in [1.54, 1.807) is 24.2 Å². The van der Waals surface area contributed by atoms with Crippen molar-refractivity contribution in [2.24, 2.45) is 0 Å². The molecular formula is C18H19FN4OS. The number of aromatic nitrogens is 3. The zero-order chi connectivity index (χ0) is 17.8. The summed E-state index contributed by atoms with van der Waals surface area (Å²) in [6, 6.07) is 14.2. The molecule has 1 aromatic heterocycles. The number of hydrogen-bond donors (Lipinski definition) is 0. The van der Waals surface area contributed by atoms with Crippen molar-refractivity contribution in [2.75, 3.05) is 14.2 Å². The molecule has 0 N–H and O–H groups in total. The standard InChI is InChI=1S/C18H19FN4OS/c1-21(11-14-5-3-6-15(19)9-14)13-23-18(25)22(12-20-23)16-7-4-8-17(10-16)24-2/h3-10,12H,11,13H2,1-2H3. The molecule has 1 heterocycles. The van der Waals surface area contributed by atoms with Crippen LogP contribution < -0.4 is 4.74 Å². The molecule has 0 aliphatic rings. The van der Waals surface area contributed by atoms with E-state index in [-0.39, 0.29) is 5.82 Å². The fourth-order valence-electron chi connectivity index (χ4n) is 2.60. The van der Waals surface area contributed by atoms with E-state index >= 15 is 0 Å². The Morgan fingerprint density at radius 1 is 1.20 bits per heavy atom. The summed E-state index contributed by atoms with van der Waals surface area (Å²) in [5.41, 5.74) is 1.80. The van der Waals surface area contributed by atoms with Crippen molar-refractivity contribution in [3.8, 4) is 11.4 Å². The van der Waals surface area contributed by atoms with Crippen molar-refractivity contribution in [2.45, 2.75) is 13.2 Å². The lowest BCUT2D eigenvalue weighted by Crippen LogP contribution is -2.22. The summed E-state index contributed by atoms with van der Waals surface area (Å²) < 4.78 is 22.7. The van der Waals surface area contributed by atoms with E-state index in [0.29, 0.717) is 18.0 Å². The predicted molar refractivity (Wildman–Crippen MR) is 96.8 cm³/mol. The van der Waals surface area contributed by atoms with Crippen LogP contribution in [0.5, 0.6) is 5.75 Å². The lowest BCUT2D eigenvalue weighted by atomic mass is 10.2. The van der Waals surface area contributed by atoms with Crippen molar-refractivity contribution in [1.82, 2.24) is 19.2 Å². The second kappa shape index (κ2) is 7.58. The lowest BCUT2D eigenvalue weighted by Gasteiger charge is -2.16. The maximum atomic E-state index is 13.3. The van der Waals surface area contributed by atoms with Gasteiger partial charge in [0.25, 0.3) is 0 Å². The molecule has 3 rings (SSSR count). The van der Waals surface area contributed by atoms with Gasteiger partial charge < -0.3 is 4.74 Å². The number of halogens is 1. The Balaban J connectivity index is 1.75. The Hall–Kier alpha value is -2.51. The van der Waals surface area contributed by atoms with Crippen molar-refractivity contribution in [3.05, 3.63) is 71.0 Å². The average molecular weight is 358 g/mol. The van der Waals surface area contributed by atoms with Gasteiger partial charge in [-0.1, -0.05) is 18.2 Å². The minimum absolute atomic E-state index is 0.232. The van der Waals surface area contributed by atoms with E-state index in [0.717, 1.165) is 17.0 Å². The maximum absolute atomic E-state index is 13.3. The molecule has 3 aromatic rings. The molecule has 7 heteroatoms. The first-order valence-electron chi connectivity index (χ1n) is 7.78. The Labute approximate surface area is 150 Å². The Kier molecular flexibility index (Phi) is 5.25. The third-order valence-electron chi connectivity index (χ3n) is 3.78. The van der Waals surface area contributed by atoms with E-state index in [1.165, 1.54) is 12.1 Å². The van der Waals surface area contributed by atoms with Gasteiger partial charge in [-0.25, -0.2) is 9.07 Å². The molecule has 25 heavy (non-hydrogen) atoms. The monoisotopic (exact) mass is 358 g/mol. The molecule has 2 aromatic carbocycles.